The standard InChI is InChI=1S/C11H8ClN3S/c1-6-4-8-10(13-5-6)15-11(14-8)9-7(12)2-3-16-9/h2-5H,1H3,(H,13,14,15). The Morgan fingerprint density at radius 1 is 1.44 bits per heavy atom. The maximum Gasteiger partial charge on any atom is 0.178 e. The Balaban J connectivity index is 2.23. The van der Waals surface area contributed by atoms with Crippen molar-refractivity contribution in [3.05, 3.63) is 34.3 Å². The number of halogens is 1. The van der Waals surface area contributed by atoms with E-state index < -0.39 is 0 Å². The number of nitrogens with one attached hydrogen (secondary N) is 1. The summed E-state index contributed by atoms with van der Waals surface area (Å²) in [5, 5.41) is 2.67. The van der Waals surface area contributed by atoms with Gasteiger partial charge in [-0.05, 0) is 30.0 Å². The molecule has 3 nitrogen and oxygen atoms in total. The van der Waals surface area contributed by atoms with Crippen molar-refractivity contribution >= 4 is 34.1 Å². The summed E-state index contributed by atoms with van der Waals surface area (Å²) in [4.78, 5) is 12.9. The number of thiophene rings is 1. The van der Waals surface area contributed by atoms with Crippen molar-refractivity contribution in [3.8, 4) is 10.7 Å². The Hall–Kier alpha value is -1.39. The smallest absolute Gasteiger partial charge is 0.178 e. The van der Waals surface area contributed by atoms with Crippen LogP contribution in [0, 0.1) is 6.92 Å². The first-order valence-corrected chi connectivity index (χ1v) is 6.05. The summed E-state index contributed by atoms with van der Waals surface area (Å²) in [6, 6.07) is 3.90. The molecule has 3 rings (SSSR count). The molecule has 3 heterocycles. The van der Waals surface area contributed by atoms with Crippen molar-refractivity contribution < 1.29 is 0 Å². The van der Waals surface area contributed by atoms with Crippen molar-refractivity contribution in [1.82, 2.24) is 15.0 Å². The van der Waals surface area contributed by atoms with Crippen LogP contribution in [0.25, 0.3) is 21.9 Å². The van der Waals surface area contributed by atoms with E-state index in [1.165, 1.54) is 0 Å². The Kier molecular flexibility index (Phi) is 2.19. The van der Waals surface area contributed by atoms with Gasteiger partial charge in [-0.3, -0.25) is 0 Å². The monoisotopic (exact) mass is 249 g/mol. The van der Waals surface area contributed by atoms with Gasteiger partial charge in [0.1, 0.15) is 0 Å². The zero-order valence-electron chi connectivity index (χ0n) is 8.49. The fraction of sp³-hybridized carbons (Fsp3) is 0.0909. The van der Waals surface area contributed by atoms with Crippen LogP contribution in [0.2, 0.25) is 5.02 Å². The topological polar surface area (TPSA) is 41.6 Å². The van der Waals surface area contributed by atoms with Crippen LogP contribution in [0.15, 0.2) is 23.7 Å². The summed E-state index contributed by atoms with van der Waals surface area (Å²) in [5.41, 5.74) is 2.78. The molecule has 0 radical (unpaired) electrons. The highest BCUT2D eigenvalue weighted by atomic mass is 35.5. The van der Waals surface area contributed by atoms with E-state index in [-0.39, 0.29) is 0 Å². The quantitative estimate of drug-likeness (QED) is 0.715. The summed E-state index contributed by atoms with van der Waals surface area (Å²) in [6.07, 6.45) is 1.81. The number of nitrogens with zero attached hydrogens (tertiary/aromatic N) is 2. The van der Waals surface area contributed by atoms with E-state index in [2.05, 4.69) is 15.0 Å². The first kappa shape index (κ1) is 9.81. The SMILES string of the molecule is Cc1cnc2nc(-c3sccc3Cl)[nH]c2c1. The maximum atomic E-state index is 6.06. The molecule has 0 aliphatic heterocycles. The van der Waals surface area contributed by atoms with E-state index in [1.807, 2.05) is 30.6 Å². The van der Waals surface area contributed by atoms with Crippen LogP contribution in [0.3, 0.4) is 0 Å². The number of aryl methyl sites for hydroxylation is 1. The number of hydrogen-bond acceptors (Lipinski definition) is 3. The fourth-order valence-corrected chi connectivity index (χ4v) is 2.66. The van der Waals surface area contributed by atoms with Crippen LogP contribution in [0.4, 0.5) is 0 Å². The molecule has 0 aliphatic carbocycles. The Bertz CT molecular complexity index is 656. The van der Waals surface area contributed by atoms with Gasteiger partial charge in [-0.15, -0.1) is 11.3 Å². The minimum absolute atomic E-state index is 0.723. The van der Waals surface area contributed by atoms with Crippen LogP contribution in [0.5, 0.6) is 0 Å². The normalized spacial score (nSPS) is 11.1. The molecule has 3 aromatic heterocycles. The Morgan fingerprint density at radius 2 is 2.31 bits per heavy atom. The molecule has 80 valence electrons. The lowest BCUT2D eigenvalue weighted by Crippen LogP contribution is -1.77. The number of pyridine rings is 1. The molecule has 0 spiro atoms. The molecule has 1 N–H and O–H groups in total. The molecule has 0 fully saturated rings. The van der Waals surface area contributed by atoms with Crippen LogP contribution < -0.4 is 0 Å². The summed E-state index contributed by atoms with van der Waals surface area (Å²) in [6.45, 7) is 2.01. The van der Waals surface area contributed by atoms with Gasteiger partial charge in [-0.25, -0.2) is 9.97 Å². The molecular formula is C11H8ClN3S. The summed E-state index contributed by atoms with van der Waals surface area (Å²) >= 11 is 7.63. The second-order valence-electron chi connectivity index (χ2n) is 3.57. The predicted octanol–water partition coefficient (Wildman–Crippen LogP) is 3.65. The van der Waals surface area contributed by atoms with E-state index in [9.17, 15) is 0 Å². The third-order valence-electron chi connectivity index (χ3n) is 2.31. The molecule has 0 aromatic carbocycles. The molecule has 0 aliphatic rings. The lowest BCUT2D eigenvalue weighted by Gasteiger charge is -1.90. The number of aromatic nitrogens is 3. The number of rotatable bonds is 1. The predicted molar refractivity (Wildman–Crippen MR) is 66.9 cm³/mol. The lowest BCUT2D eigenvalue weighted by molar-refractivity contribution is 1.29. The minimum atomic E-state index is 0.723. The van der Waals surface area contributed by atoms with Crippen LogP contribution in [-0.2, 0) is 0 Å². The highest BCUT2D eigenvalue weighted by Gasteiger charge is 2.10. The van der Waals surface area contributed by atoms with Crippen LogP contribution in [-0.4, -0.2) is 15.0 Å². The third kappa shape index (κ3) is 1.50. The van der Waals surface area contributed by atoms with Gasteiger partial charge in [0.15, 0.2) is 11.5 Å². The van der Waals surface area contributed by atoms with Crippen molar-refractivity contribution in [2.75, 3.05) is 0 Å². The van der Waals surface area contributed by atoms with E-state index in [1.54, 1.807) is 11.3 Å². The van der Waals surface area contributed by atoms with Crippen molar-refractivity contribution in [2.45, 2.75) is 6.92 Å². The molecule has 0 atom stereocenters. The van der Waals surface area contributed by atoms with E-state index in [0.29, 0.717) is 0 Å². The van der Waals surface area contributed by atoms with Crippen LogP contribution >= 0.6 is 22.9 Å². The maximum absolute atomic E-state index is 6.06. The number of aromatic amines is 1. The molecule has 0 unspecified atom stereocenters. The molecule has 0 saturated carbocycles. The highest BCUT2D eigenvalue weighted by Crippen LogP contribution is 2.32. The minimum Gasteiger partial charge on any atom is -0.336 e. The second kappa shape index (κ2) is 3.57. The molecule has 0 bridgehead atoms. The van der Waals surface area contributed by atoms with Gasteiger partial charge in [0, 0.05) is 6.20 Å². The Morgan fingerprint density at radius 3 is 3.06 bits per heavy atom. The van der Waals surface area contributed by atoms with E-state index >= 15 is 0 Å². The average molecular weight is 250 g/mol. The zero-order valence-corrected chi connectivity index (χ0v) is 10.1. The van der Waals surface area contributed by atoms with Crippen molar-refractivity contribution in [1.29, 1.82) is 0 Å². The summed E-state index contributed by atoms with van der Waals surface area (Å²) in [5.74, 6) is 0.785. The van der Waals surface area contributed by atoms with Gasteiger partial charge < -0.3 is 4.98 Å². The van der Waals surface area contributed by atoms with Gasteiger partial charge in [-0.1, -0.05) is 11.6 Å². The molecule has 5 heteroatoms. The molecular weight excluding hydrogens is 242 g/mol. The summed E-state index contributed by atoms with van der Waals surface area (Å²) < 4.78 is 0. The van der Waals surface area contributed by atoms with Crippen molar-refractivity contribution in [3.63, 3.8) is 0 Å². The van der Waals surface area contributed by atoms with E-state index in [4.69, 9.17) is 11.6 Å². The van der Waals surface area contributed by atoms with Gasteiger partial charge in [0.2, 0.25) is 0 Å². The Labute approximate surface area is 101 Å². The first-order valence-electron chi connectivity index (χ1n) is 4.80. The molecule has 0 amide bonds. The largest absolute Gasteiger partial charge is 0.336 e. The number of fused-ring (bicyclic) bond motifs is 1. The highest BCUT2D eigenvalue weighted by molar-refractivity contribution is 7.14. The van der Waals surface area contributed by atoms with E-state index in [0.717, 1.165) is 32.5 Å². The summed E-state index contributed by atoms with van der Waals surface area (Å²) in [7, 11) is 0. The number of hydrogen-bond donors (Lipinski definition) is 1. The van der Waals surface area contributed by atoms with Crippen molar-refractivity contribution in [2.24, 2.45) is 0 Å². The molecule has 3 aromatic rings. The second-order valence-corrected chi connectivity index (χ2v) is 4.89. The zero-order chi connectivity index (χ0) is 11.1. The molecule has 16 heavy (non-hydrogen) atoms. The third-order valence-corrected chi connectivity index (χ3v) is 3.65. The van der Waals surface area contributed by atoms with Crippen LogP contribution in [0.1, 0.15) is 5.56 Å². The first-order chi connectivity index (χ1) is 7.74. The fourth-order valence-electron chi connectivity index (χ4n) is 1.57. The average Bonchev–Trinajstić information content (AvgIpc) is 2.82. The van der Waals surface area contributed by atoms with Gasteiger partial charge in [0.05, 0.1) is 15.4 Å². The van der Waals surface area contributed by atoms with Gasteiger partial charge in [-0.2, -0.15) is 0 Å². The van der Waals surface area contributed by atoms with Gasteiger partial charge >= 0.3 is 0 Å². The lowest BCUT2D eigenvalue weighted by atomic mass is 10.3. The number of imidazole rings is 1. The van der Waals surface area contributed by atoms with Gasteiger partial charge in [0.25, 0.3) is 0 Å². The number of H-pyrrole nitrogens is 1. The molecule has 0 saturated heterocycles.